The number of nitrogens with zero attached hydrogens (tertiary/aromatic N) is 1. The van der Waals surface area contributed by atoms with Gasteiger partial charge in [-0.05, 0) is 42.5 Å². The van der Waals surface area contributed by atoms with Crippen LogP contribution in [0.1, 0.15) is 10.4 Å². The molecule has 134 valence electrons. The Kier molecular flexibility index (Phi) is 6.14. The molecule has 0 aliphatic carbocycles. The smallest absolute Gasteiger partial charge is 0.406 e. The summed E-state index contributed by atoms with van der Waals surface area (Å²) in [6.45, 7) is 0. The van der Waals surface area contributed by atoms with E-state index in [0.717, 1.165) is 24.3 Å². The average molecular weight is 401 g/mol. The first-order valence-corrected chi connectivity index (χ1v) is 7.67. The molecule has 26 heavy (non-hydrogen) atoms. The van der Waals surface area contributed by atoms with Crippen LogP contribution in [0.2, 0.25) is 10.0 Å². The molecule has 2 rings (SSSR count). The number of alkyl halides is 3. The van der Waals surface area contributed by atoms with Gasteiger partial charge in [0.25, 0.3) is 0 Å². The van der Waals surface area contributed by atoms with Gasteiger partial charge in [-0.3, -0.25) is 4.79 Å². The monoisotopic (exact) mass is 400 g/mol. The van der Waals surface area contributed by atoms with E-state index < -0.39 is 17.9 Å². The third kappa shape index (κ3) is 5.41. The van der Waals surface area contributed by atoms with E-state index in [1.807, 2.05) is 0 Å². The van der Waals surface area contributed by atoms with E-state index in [0.29, 0.717) is 10.7 Å². The number of nitrogens with one attached hydrogen (secondary N) is 1. The van der Waals surface area contributed by atoms with E-state index in [2.05, 4.69) is 10.1 Å². The number of halogens is 5. The summed E-state index contributed by atoms with van der Waals surface area (Å²) in [5, 5.41) is 12.5. The summed E-state index contributed by atoms with van der Waals surface area (Å²) in [6, 6.07) is 10.6. The van der Waals surface area contributed by atoms with Crippen LogP contribution in [0.15, 0.2) is 54.2 Å². The predicted octanol–water partition coefficient (Wildman–Crippen LogP) is 5.59. The Hall–Kier alpha value is -2.69. The van der Waals surface area contributed by atoms with Crippen LogP contribution in [0, 0.1) is 11.3 Å². The van der Waals surface area contributed by atoms with Crippen LogP contribution in [-0.2, 0) is 0 Å². The lowest BCUT2D eigenvalue weighted by atomic mass is 10.1. The molecule has 4 nitrogen and oxygen atoms in total. The van der Waals surface area contributed by atoms with E-state index in [9.17, 15) is 18.0 Å². The Bertz CT molecular complexity index is 888. The lowest BCUT2D eigenvalue weighted by Crippen LogP contribution is -2.17. The summed E-state index contributed by atoms with van der Waals surface area (Å²) in [5.41, 5.74) is 0.276. The molecule has 0 heterocycles. The fraction of sp³-hybridized carbons (Fsp3) is 0.0588. The molecule has 0 saturated carbocycles. The highest BCUT2D eigenvalue weighted by Gasteiger charge is 2.31. The molecule has 0 atom stereocenters. The average Bonchev–Trinajstić information content (AvgIpc) is 2.57. The molecule has 0 amide bonds. The highest BCUT2D eigenvalue weighted by atomic mass is 35.5. The Morgan fingerprint density at radius 2 is 1.77 bits per heavy atom. The number of Topliss-reactive ketones (excluding diaryl/α,β-unsaturated/α-hetero) is 1. The van der Waals surface area contributed by atoms with Crippen LogP contribution < -0.4 is 10.1 Å². The molecule has 2 aromatic rings. The van der Waals surface area contributed by atoms with Crippen molar-refractivity contribution in [2.24, 2.45) is 0 Å². The molecule has 1 N–H and O–H groups in total. The largest absolute Gasteiger partial charge is 0.573 e. The zero-order chi connectivity index (χ0) is 19.3. The van der Waals surface area contributed by atoms with Crippen LogP contribution in [0.5, 0.6) is 5.75 Å². The quantitative estimate of drug-likeness (QED) is 0.403. The fourth-order valence-corrected chi connectivity index (χ4v) is 2.15. The number of allylic oxidation sites excluding steroid dienone is 1. The van der Waals surface area contributed by atoms with Crippen molar-refractivity contribution >= 4 is 34.7 Å². The van der Waals surface area contributed by atoms with Crippen LogP contribution in [-0.4, -0.2) is 12.1 Å². The SMILES string of the molecule is N#C/C(=C\Nc1ccc(Cl)c(Cl)c1)C(=O)c1ccc(OC(F)(F)F)cc1. The summed E-state index contributed by atoms with van der Waals surface area (Å²) in [6.07, 6.45) is -3.66. The number of benzene rings is 2. The van der Waals surface area contributed by atoms with Crippen LogP contribution in [0.4, 0.5) is 18.9 Å². The maximum Gasteiger partial charge on any atom is 0.573 e. The van der Waals surface area contributed by atoms with Crippen molar-refractivity contribution in [3.8, 4) is 11.8 Å². The summed E-state index contributed by atoms with van der Waals surface area (Å²) >= 11 is 11.7. The van der Waals surface area contributed by atoms with Crippen molar-refractivity contribution in [2.75, 3.05) is 5.32 Å². The molecule has 0 bridgehead atoms. The number of nitriles is 1. The van der Waals surface area contributed by atoms with Gasteiger partial charge in [0, 0.05) is 17.5 Å². The number of ketones is 1. The molecular weight excluding hydrogens is 392 g/mol. The second-order valence-electron chi connectivity index (χ2n) is 4.84. The summed E-state index contributed by atoms with van der Waals surface area (Å²) in [7, 11) is 0. The maximum atomic E-state index is 12.3. The molecular formula is C17H9Cl2F3N2O2. The first-order chi connectivity index (χ1) is 12.2. The number of hydrogen-bond acceptors (Lipinski definition) is 4. The Morgan fingerprint density at radius 3 is 2.31 bits per heavy atom. The number of rotatable bonds is 5. The van der Waals surface area contributed by atoms with Crippen molar-refractivity contribution in [1.29, 1.82) is 5.26 Å². The van der Waals surface area contributed by atoms with Gasteiger partial charge in [0.15, 0.2) is 0 Å². The van der Waals surface area contributed by atoms with Crippen molar-refractivity contribution in [1.82, 2.24) is 0 Å². The fourth-order valence-electron chi connectivity index (χ4n) is 1.85. The van der Waals surface area contributed by atoms with Gasteiger partial charge < -0.3 is 10.1 Å². The molecule has 0 radical (unpaired) electrons. The number of carbonyl (C=O) groups is 1. The maximum absolute atomic E-state index is 12.3. The number of ether oxygens (including phenoxy) is 1. The first-order valence-electron chi connectivity index (χ1n) is 6.92. The van der Waals surface area contributed by atoms with Gasteiger partial charge in [0.1, 0.15) is 17.4 Å². The van der Waals surface area contributed by atoms with Gasteiger partial charge in [0.2, 0.25) is 5.78 Å². The van der Waals surface area contributed by atoms with Crippen LogP contribution >= 0.6 is 23.2 Å². The van der Waals surface area contributed by atoms with E-state index in [-0.39, 0.29) is 16.2 Å². The molecule has 0 aliphatic rings. The molecule has 0 saturated heterocycles. The third-order valence-electron chi connectivity index (χ3n) is 3.02. The van der Waals surface area contributed by atoms with E-state index in [4.69, 9.17) is 28.5 Å². The minimum Gasteiger partial charge on any atom is -0.406 e. The molecule has 0 aromatic heterocycles. The van der Waals surface area contributed by atoms with Crippen molar-refractivity contribution < 1.29 is 22.7 Å². The van der Waals surface area contributed by atoms with Crippen LogP contribution in [0.25, 0.3) is 0 Å². The predicted molar refractivity (Wildman–Crippen MR) is 91.2 cm³/mol. The van der Waals surface area contributed by atoms with E-state index in [1.165, 1.54) is 18.3 Å². The van der Waals surface area contributed by atoms with E-state index >= 15 is 0 Å². The standard InChI is InChI=1S/C17H9Cl2F3N2O2/c18-14-6-3-12(7-15(14)19)24-9-11(8-23)16(25)10-1-4-13(5-2-10)26-17(20,21)22/h1-7,9,24H/b11-9+. The molecule has 9 heteroatoms. The van der Waals surface area contributed by atoms with Crippen molar-refractivity contribution in [3.63, 3.8) is 0 Å². The number of anilines is 1. The molecule has 0 fully saturated rings. The lowest BCUT2D eigenvalue weighted by Gasteiger charge is -2.09. The normalized spacial score (nSPS) is 11.6. The molecule has 2 aromatic carbocycles. The van der Waals surface area contributed by atoms with E-state index in [1.54, 1.807) is 12.1 Å². The highest BCUT2D eigenvalue weighted by molar-refractivity contribution is 6.42. The molecule has 0 aliphatic heterocycles. The summed E-state index contributed by atoms with van der Waals surface area (Å²) in [4.78, 5) is 12.3. The van der Waals surface area contributed by atoms with Gasteiger partial charge in [-0.2, -0.15) is 5.26 Å². The summed E-state index contributed by atoms with van der Waals surface area (Å²) < 4.78 is 40.1. The van der Waals surface area contributed by atoms with Gasteiger partial charge in [0.05, 0.1) is 10.0 Å². The Balaban J connectivity index is 2.15. The van der Waals surface area contributed by atoms with Crippen LogP contribution in [0.3, 0.4) is 0 Å². The van der Waals surface area contributed by atoms with Gasteiger partial charge in [-0.25, -0.2) is 0 Å². The zero-order valence-corrected chi connectivity index (χ0v) is 14.3. The minimum absolute atomic E-state index is 0.0308. The van der Waals surface area contributed by atoms with Gasteiger partial charge in [-0.1, -0.05) is 23.2 Å². The minimum atomic E-state index is -4.83. The molecule has 0 spiro atoms. The summed E-state index contributed by atoms with van der Waals surface area (Å²) in [5.74, 6) is -1.14. The highest BCUT2D eigenvalue weighted by Crippen LogP contribution is 2.26. The van der Waals surface area contributed by atoms with Crippen molar-refractivity contribution in [3.05, 3.63) is 69.8 Å². The topological polar surface area (TPSA) is 62.1 Å². The molecule has 0 unspecified atom stereocenters. The Morgan fingerprint density at radius 1 is 1.12 bits per heavy atom. The van der Waals surface area contributed by atoms with Crippen molar-refractivity contribution in [2.45, 2.75) is 6.36 Å². The number of carbonyl (C=O) groups excluding carboxylic acids is 1. The van der Waals surface area contributed by atoms with Gasteiger partial charge in [-0.15, -0.1) is 13.2 Å². The number of hydrogen-bond donors (Lipinski definition) is 1. The Labute approximate surface area is 156 Å². The van der Waals surface area contributed by atoms with Gasteiger partial charge >= 0.3 is 6.36 Å². The second-order valence-corrected chi connectivity index (χ2v) is 5.66. The third-order valence-corrected chi connectivity index (χ3v) is 3.76. The second kappa shape index (κ2) is 8.13. The lowest BCUT2D eigenvalue weighted by molar-refractivity contribution is -0.274. The first kappa shape index (κ1) is 19.6. The zero-order valence-electron chi connectivity index (χ0n) is 12.8.